The molecule has 0 saturated heterocycles. The number of rotatable bonds is 8. The predicted molar refractivity (Wildman–Crippen MR) is 178 cm³/mol. The van der Waals surface area contributed by atoms with Crippen molar-refractivity contribution in [1.82, 2.24) is 14.5 Å². The Morgan fingerprint density at radius 2 is 1.60 bits per heavy atom. The molecule has 0 spiro atoms. The van der Waals surface area contributed by atoms with Crippen LogP contribution in [-0.2, 0) is 26.1 Å². The van der Waals surface area contributed by atoms with Crippen molar-refractivity contribution < 1.29 is 22.7 Å². The van der Waals surface area contributed by atoms with Gasteiger partial charge in [0.1, 0.15) is 5.60 Å². The number of carbonyl (C=O) groups is 2. The Labute approximate surface area is 275 Å². The van der Waals surface area contributed by atoms with Crippen LogP contribution in [-0.4, -0.2) is 67.2 Å². The lowest BCUT2D eigenvalue weighted by Crippen LogP contribution is -2.53. The third-order valence-electron chi connectivity index (χ3n) is 7.59. The largest absolute Gasteiger partial charge is 0.444 e. The smallest absolute Gasteiger partial charge is 0.410 e. The molecule has 3 aromatic rings. The van der Waals surface area contributed by atoms with Crippen LogP contribution >= 0.6 is 23.2 Å². The van der Waals surface area contributed by atoms with Crippen molar-refractivity contribution >= 4 is 50.8 Å². The van der Waals surface area contributed by atoms with E-state index < -0.39 is 27.8 Å². The van der Waals surface area contributed by atoms with E-state index in [1.54, 1.807) is 37.8 Å². The first-order valence-corrected chi connectivity index (χ1v) is 17.4. The zero-order valence-electron chi connectivity index (χ0n) is 25.7. The maximum atomic E-state index is 14.7. The highest BCUT2D eigenvalue weighted by atomic mass is 35.5. The Morgan fingerprint density at radius 1 is 0.956 bits per heavy atom. The molecular formula is C34H37Cl2N3O5S. The molecule has 1 aliphatic heterocycles. The number of nitrogens with one attached hydrogen (secondary N) is 1. The maximum Gasteiger partial charge on any atom is 0.410 e. The summed E-state index contributed by atoms with van der Waals surface area (Å²) in [6.07, 6.45) is 2.06. The number of nitrogens with zero attached hydrogens (tertiary/aromatic N) is 2. The lowest BCUT2D eigenvalue weighted by Gasteiger charge is -2.38. The van der Waals surface area contributed by atoms with Gasteiger partial charge in [-0.1, -0.05) is 83.9 Å². The monoisotopic (exact) mass is 669 g/mol. The molecule has 1 unspecified atom stereocenters. The van der Waals surface area contributed by atoms with Gasteiger partial charge in [0.2, 0.25) is 10.0 Å². The van der Waals surface area contributed by atoms with Crippen LogP contribution in [0.4, 0.5) is 4.79 Å². The molecule has 1 fully saturated rings. The molecule has 1 heterocycles. The van der Waals surface area contributed by atoms with Gasteiger partial charge >= 0.3 is 6.09 Å². The minimum absolute atomic E-state index is 0.0206. The van der Waals surface area contributed by atoms with Crippen LogP contribution in [0.25, 0.3) is 16.7 Å². The number of ether oxygens (including phenoxy) is 1. The van der Waals surface area contributed by atoms with E-state index in [-0.39, 0.29) is 31.6 Å². The van der Waals surface area contributed by atoms with Crippen molar-refractivity contribution in [3.05, 3.63) is 99.5 Å². The fraction of sp³-hybridized carbons (Fsp3) is 0.353. The van der Waals surface area contributed by atoms with Crippen molar-refractivity contribution in [3.8, 4) is 11.1 Å². The average molecular weight is 671 g/mol. The summed E-state index contributed by atoms with van der Waals surface area (Å²) in [5.41, 5.74) is 3.30. The molecule has 1 saturated carbocycles. The first-order chi connectivity index (χ1) is 21.2. The molecule has 1 aliphatic carbocycles. The fourth-order valence-electron chi connectivity index (χ4n) is 5.52. The lowest BCUT2D eigenvalue weighted by atomic mass is 9.87. The summed E-state index contributed by atoms with van der Waals surface area (Å²) in [4.78, 5) is 31.3. The SMILES string of the molecule is CC(C)(C)OC(=O)N1CC(C(=O)N(Cc2cccc(Cl)c2Cl)C2CC2)=C(c2cccc(-c3ccccc3)c2)C(NS(C)(=O)=O)C1. The van der Waals surface area contributed by atoms with Crippen molar-refractivity contribution in [2.24, 2.45) is 0 Å². The minimum atomic E-state index is -3.76. The van der Waals surface area contributed by atoms with Gasteiger partial charge in [-0.05, 0) is 73.6 Å². The van der Waals surface area contributed by atoms with Gasteiger partial charge < -0.3 is 14.5 Å². The molecule has 0 aromatic heterocycles. The lowest BCUT2D eigenvalue weighted by molar-refractivity contribution is -0.128. The minimum Gasteiger partial charge on any atom is -0.444 e. The van der Waals surface area contributed by atoms with Crippen LogP contribution in [0.15, 0.2) is 78.4 Å². The van der Waals surface area contributed by atoms with E-state index in [4.69, 9.17) is 27.9 Å². The topological polar surface area (TPSA) is 96.0 Å². The zero-order chi connectivity index (χ0) is 32.5. The highest BCUT2D eigenvalue weighted by Gasteiger charge is 2.41. The number of sulfonamides is 1. The summed E-state index contributed by atoms with van der Waals surface area (Å²) in [6, 6.07) is 21.8. The molecule has 2 amide bonds. The molecule has 1 atom stereocenters. The quantitative estimate of drug-likeness (QED) is 0.285. The van der Waals surface area contributed by atoms with Gasteiger partial charge in [-0.3, -0.25) is 4.79 Å². The van der Waals surface area contributed by atoms with Crippen LogP contribution < -0.4 is 4.72 Å². The van der Waals surface area contributed by atoms with Crippen molar-refractivity contribution in [2.45, 2.75) is 57.8 Å². The van der Waals surface area contributed by atoms with E-state index >= 15 is 0 Å². The van der Waals surface area contributed by atoms with E-state index in [2.05, 4.69) is 4.72 Å². The first-order valence-electron chi connectivity index (χ1n) is 14.8. The predicted octanol–water partition coefficient (Wildman–Crippen LogP) is 6.77. The maximum absolute atomic E-state index is 14.7. The van der Waals surface area contributed by atoms with Crippen LogP contribution in [0.5, 0.6) is 0 Å². The van der Waals surface area contributed by atoms with E-state index in [9.17, 15) is 18.0 Å². The molecule has 0 radical (unpaired) electrons. The summed E-state index contributed by atoms with van der Waals surface area (Å²) in [5, 5.41) is 0.763. The third-order valence-corrected chi connectivity index (χ3v) is 9.16. The second kappa shape index (κ2) is 13.2. The van der Waals surface area contributed by atoms with Crippen LogP contribution in [0, 0.1) is 0 Å². The van der Waals surface area contributed by atoms with Crippen molar-refractivity contribution in [1.29, 1.82) is 0 Å². The summed E-state index contributed by atoms with van der Waals surface area (Å²) in [7, 11) is -3.76. The van der Waals surface area contributed by atoms with Gasteiger partial charge in [-0.15, -0.1) is 0 Å². The molecule has 238 valence electrons. The van der Waals surface area contributed by atoms with Crippen LogP contribution in [0.1, 0.15) is 44.7 Å². The number of amides is 2. The molecule has 45 heavy (non-hydrogen) atoms. The Balaban J connectivity index is 1.66. The first kappa shape index (κ1) is 33.0. The Hall–Kier alpha value is -3.37. The Morgan fingerprint density at radius 3 is 2.24 bits per heavy atom. The molecule has 2 aliphatic rings. The van der Waals surface area contributed by atoms with E-state index in [1.807, 2.05) is 60.7 Å². The van der Waals surface area contributed by atoms with Crippen LogP contribution in [0.3, 0.4) is 0 Å². The number of hydrogen-bond acceptors (Lipinski definition) is 5. The van der Waals surface area contributed by atoms with E-state index in [0.29, 0.717) is 32.3 Å². The molecule has 1 N–H and O–H groups in total. The highest BCUT2D eigenvalue weighted by molar-refractivity contribution is 7.88. The second-order valence-electron chi connectivity index (χ2n) is 12.5. The molecule has 11 heteroatoms. The Bertz CT molecular complexity index is 1730. The van der Waals surface area contributed by atoms with Crippen molar-refractivity contribution in [3.63, 3.8) is 0 Å². The molecule has 3 aromatic carbocycles. The summed E-state index contributed by atoms with van der Waals surface area (Å²) in [6.45, 7) is 5.40. The van der Waals surface area contributed by atoms with Gasteiger partial charge in [0, 0.05) is 24.7 Å². The van der Waals surface area contributed by atoms with Gasteiger partial charge in [-0.2, -0.15) is 0 Å². The summed E-state index contributed by atoms with van der Waals surface area (Å²) in [5.74, 6) is -0.304. The second-order valence-corrected chi connectivity index (χ2v) is 15.1. The normalized spacial score (nSPS) is 17.3. The van der Waals surface area contributed by atoms with Gasteiger partial charge in [0.05, 0.1) is 28.9 Å². The average Bonchev–Trinajstić information content (AvgIpc) is 3.81. The van der Waals surface area contributed by atoms with E-state index in [1.165, 1.54) is 4.90 Å². The Kier molecular flexibility index (Phi) is 9.65. The van der Waals surface area contributed by atoms with Crippen LogP contribution in [0.2, 0.25) is 10.0 Å². The third kappa shape index (κ3) is 8.27. The van der Waals surface area contributed by atoms with Crippen molar-refractivity contribution in [2.75, 3.05) is 19.3 Å². The number of carbonyl (C=O) groups excluding carboxylic acids is 2. The summed E-state index contributed by atoms with van der Waals surface area (Å²) >= 11 is 12.9. The highest BCUT2D eigenvalue weighted by Crippen LogP contribution is 2.37. The number of benzene rings is 3. The number of halogens is 2. The van der Waals surface area contributed by atoms with Gasteiger partial charge in [-0.25, -0.2) is 17.9 Å². The molecule has 5 rings (SSSR count). The molecule has 8 nitrogen and oxygen atoms in total. The summed E-state index contributed by atoms with van der Waals surface area (Å²) < 4.78 is 33.8. The molecule has 0 bridgehead atoms. The molecular weight excluding hydrogens is 633 g/mol. The number of hydrogen-bond donors (Lipinski definition) is 1. The van der Waals surface area contributed by atoms with E-state index in [0.717, 1.165) is 30.2 Å². The van der Waals surface area contributed by atoms with Gasteiger partial charge in [0.15, 0.2) is 0 Å². The zero-order valence-corrected chi connectivity index (χ0v) is 28.0. The standard InChI is InChI=1S/C34H37Cl2N3O5S/c1-34(2,3)44-33(41)38-20-27(32(40)39(26-16-17-26)19-25-14-9-15-28(35)31(25)36)30(29(21-38)37-45(4,42)43)24-13-8-12-23(18-24)22-10-6-5-7-11-22/h5-15,18,26,29,37H,16-17,19-21H2,1-4H3. The fourth-order valence-corrected chi connectivity index (χ4v) is 6.61. The van der Waals surface area contributed by atoms with Gasteiger partial charge in [0.25, 0.3) is 5.91 Å².